The maximum absolute atomic E-state index is 13.2. The summed E-state index contributed by atoms with van der Waals surface area (Å²) in [7, 11) is 0. The third kappa shape index (κ3) is 5.12. The monoisotopic (exact) mass is 461 g/mol. The van der Waals surface area contributed by atoms with E-state index in [-0.39, 0.29) is 22.1 Å². The molecule has 0 radical (unpaired) electrons. The van der Waals surface area contributed by atoms with Gasteiger partial charge in [0.2, 0.25) is 0 Å². The molecule has 1 heterocycles. The van der Waals surface area contributed by atoms with E-state index in [2.05, 4.69) is 5.10 Å². The summed E-state index contributed by atoms with van der Waals surface area (Å²) in [5.41, 5.74) is 3.76. The van der Waals surface area contributed by atoms with Gasteiger partial charge >= 0.3 is 12.4 Å². The number of hydrogen-bond acceptors (Lipinski definition) is 4. The van der Waals surface area contributed by atoms with E-state index in [4.69, 9.17) is 23.2 Å². The van der Waals surface area contributed by atoms with Crippen molar-refractivity contribution in [1.29, 1.82) is 0 Å². The minimum absolute atomic E-state index is 0.0430. The van der Waals surface area contributed by atoms with Crippen LogP contribution in [0.1, 0.15) is 17.0 Å². The summed E-state index contributed by atoms with van der Waals surface area (Å²) in [6.45, 7) is 0. The Balaban J connectivity index is 1.90. The number of hydrazine groups is 1. The van der Waals surface area contributed by atoms with Crippen molar-refractivity contribution in [3.63, 3.8) is 0 Å². The van der Waals surface area contributed by atoms with Crippen molar-refractivity contribution in [1.82, 2.24) is 9.78 Å². The zero-order valence-electron chi connectivity index (χ0n) is 15.4. The van der Waals surface area contributed by atoms with Gasteiger partial charge in [-0.25, -0.2) is 10.5 Å². The molecular weight excluding hydrogens is 448 g/mol. The Labute approximate surface area is 177 Å². The van der Waals surface area contributed by atoms with Crippen LogP contribution in [0.4, 0.5) is 32.0 Å². The maximum atomic E-state index is 13.2. The summed E-state index contributed by atoms with van der Waals surface area (Å²) in [6, 6.07) is 11.5. The Kier molecular flexibility index (Phi) is 5.92. The molecule has 0 saturated carbocycles. The van der Waals surface area contributed by atoms with Gasteiger partial charge in [-0.3, -0.25) is 5.01 Å². The van der Waals surface area contributed by atoms with Gasteiger partial charge in [0.1, 0.15) is 5.69 Å². The first-order chi connectivity index (χ1) is 14.4. The fourth-order valence-electron chi connectivity index (χ4n) is 2.63. The maximum Gasteiger partial charge on any atom is 0.435 e. The van der Waals surface area contributed by atoms with Gasteiger partial charge in [0.25, 0.3) is 0 Å². The number of aromatic nitrogens is 2. The smallest absolute Gasteiger partial charge is 0.397 e. The van der Waals surface area contributed by atoms with Crippen molar-refractivity contribution in [3.05, 3.63) is 82.8 Å². The second kappa shape index (κ2) is 8.16. The lowest BCUT2D eigenvalue weighted by Gasteiger charge is -2.16. The molecule has 164 valence electrons. The molecule has 0 spiro atoms. The summed E-state index contributed by atoms with van der Waals surface area (Å²) in [6.07, 6.45) is -8.69. The van der Waals surface area contributed by atoms with Crippen molar-refractivity contribution in [2.24, 2.45) is 11.6 Å². The lowest BCUT2D eigenvalue weighted by molar-refractivity contribution is -0.143. The zero-order chi connectivity index (χ0) is 23.0. The first-order valence-electron chi connectivity index (χ1n) is 8.48. The Morgan fingerprint density at radius 3 is 2.03 bits per heavy atom. The fourth-order valence-corrected chi connectivity index (χ4v) is 2.75. The van der Waals surface area contributed by atoms with E-state index in [0.717, 1.165) is 17.1 Å². The summed E-state index contributed by atoms with van der Waals surface area (Å²) in [5.74, 6) is 5.91. The Morgan fingerprint density at radius 1 is 0.935 bits per heavy atom. The van der Waals surface area contributed by atoms with E-state index in [0.29, 0.717) is 16.3 Å². The summed E-state index contributed by atoms with van der Waals surface area (Å²) < 4.78 is 78.3. The SMILES string of the molecule is N/C(=C\N(N)c1ccc(-n2nc(C(F)(F)F)cc2C(F)(F)F)cc1)c1ccc(Cl)cc1. The third-order valence-corrected chi connectivity index (χ3v) is 4.39. The van der Waals surface area contributed by atoms with Gasteiger partial charge in [0, 0.05) is 17.3 Å². The van der Waals surface area contributed by atoms with Crippen LogP contribution in [0.15, 0.2) is 60.8 Å². The quantitative estimate of drug-likeness (QED) is 0.318. The third-order valence-electron chi connectivity index (χ3n) is 4.14. The van der Waals surface area contributed by atoms with E-state index in [1.165, 1.54) is 18.3 Å². The Morgan fingerprint density at radius 2 is 1.52 bits per heavy atom. The largest absolute Gasteiger partial charge is 0.435 e. The van der Waals surface area contributed by atoms with Crippen molar-refractivity contribution in [2.45, 2.75) is 12.4 Å². The first-order valence-corrected chi connectivity index (χ1v) is 8.86. The summed E-state index contributed by atoms with van der Waals surface area (Å²) in [5, 5.41) is 4.70. The molecule has 0 aliphatic carbocycles. The molecule has 2 aromatic carbocycles. The van der Waals surface area contributed by atoms with Crippen molar-refractivity contribution in [3.8, 4) is 5.69 Å². The Bertz CT molecular complexity index is 1080. The second-order valence-electron chi connectivity index (χ2n) is 6.34. The van der Waals surface area contributed by atoms with Crippen molar-refractivity contribution >= 4 is 23.0 Å². The Hall–Kier alpha value is -3.18. The highest BCUT2D eigenvalue weighted by molar-refractivity contribution is 6.30. The summed E-state index contributed by atoms with van der Waals surface area (Å²) >= 11 is 5.81. The molecule has 31 heavy (non-hydrogen) atoms. The van der Waals surface area contributed by atoms with E-state index >= 15 is 0 Å². The molecule has 5 nitrogen and oxygen atoms in total. The minimum atomic E-state index is -5.04. The van der Waals surface area contributed by atoms with Gasteiger partial charge in [-0.1, -0.05) is 23.7 Å². The number of alkyl halides is 6. The van der Waals surface area contributed by atoms with Gasteiger partial charge in [-0.2, -0.15) is 31.4 Å². The topological polar surface area (TPSA) is 73.1 Å². The van der Waals surface area contributed by atoms with E-state index in [1.807, 2.05) is 0 Å². The molecule has 0 aliphatic heterocycles. The highest BCUT2D eigenvalue weighted by Crippen LogP contribution is 2.36. The van der Waals surface area contributed by atoms with Crippen LogP contribution in [0.25, 0.3) is 11.4 Å². The molecule has 3 rings (SSSR count). The highest BCUT2D eigenvalue weighted by atomic mass is 35.5. The van der Waals surface area contributed by atoms with E-state index < -0.39 is 23.7 Å². The number of benzene rings is 2. The lowest BCUT2D eigenvalue weighted by atomic mass is 10.2. The van der Waals surface area contributed by atoms with Crippen LogP contribution >= 0.6 is 11.6 Å². The van der Waals surface area contributed by atoms with Crippen LogP contribution < -0.4 is 16.6 Å². The molecule has 1 aromatic heterocycles. The molecule has 0 atom stereocenters. The number of nitrogens with zero attached hydrogens (tertiary/aromatic N) is 3. The average molecular weight is 462 g/mol. The highest BCUT2D eigenvalue weighted by Gasteiger charge is 2.42. The molecule has 3 aromatic rings. The van der Waals surface area contributed by atoms with Crippen molar-refractivity contribution in [2.75, 3.05) is 5.01 Å². The predicted molar refractivity (Wildman–Crippen MR) is 104 cm³/mol. The van der Waals surface area contributed by atoms with Gasteiger partial charge in [-0.05, 0) is 42.0 Å². The zero-order valence-corrected chi connectivity index (χ0v) is 16.2. The van der Waals surface area contributed by atoms with Gasteiger partial charge < -0.3 is 5.73 Å². The molecule has 12 heteroatoms. The van der Waals surface area contributed by atoms with Crippen molar-refractivity contribution < 1.29 is 26.3 Å². The van der Waals surface area contributed by atoms with E-state index in [9.17, 15) is 26.3 Å². The molecule has 0 fully saturated rings. The fraction of sp³-hybridized carbons (Fsp3) is 0.105. The molecule has 0 bridgehead atoms. The molecule has 4 N–H and O–H groups in total. The normalized spacial score (nSPS) is 12.8. The first kappa shape index (κ1) is 22.5. The van der Waals surface area contributed by atoms with Crippen LogP contribution in [0.5, 0.6) is 0 Å². The number of rotatable bonds is 4. The molecular formula is C19H14ClF6N5. The van der Waals surface area contributed by atoms with Crippen LogP contribution in [-0.2, 0) is 12.4 Å². The van der Waals surface area contributed by atoms with Gasteiger partial charge in [0.05, 0.1) is 17.1 Å². The number of nitrogens with two attached hydrogens (primary N) is 2. The van der Waals surface area contributed by atoms with Crippen LogP contribution in [0.3, 0.4) is 0 Å². The number of anilines is 1. The molecule has 0 saturated heterocycles. The minimum Gasteiger partial charge on any atom is -0.397 e. The average Bonchev–Trinajstić information content (AvgIpc) is 3.15. The predicted octanol–water partition coefficient (Wildman–Crippen LogP) is 5.20. The standard InChI is InChI=1S/C19H14ClF6N5/c20-12-3-1-11(2-4-12)15(27)10-30(28)13-5-7-14(8-6-13)31-17(19(24,25)26)9-16(29-31)18(21,22)23/h1-10H,27-28H2/b15-10-. The number of hydrogen-bond donors (Lipinski definition) is 2. The van der Waals surface area contributed by atoms with Crippen LogP contribution in [-0.4, -0.2) is 9.78 Å². The lowest BCUT2D eigenvalue weighted by Crippen LogP contribution is -2.25. The van der Waals surface area contributed by atoms with E-state index in [1.54, 1.807) is 24.3 Å². The molecule has 0 amide bonds. The summed E-state index contributed by atoms with van der Waals surface area (Å²) in [4.78, 5) is 0. The molecule has 0 unspecified atom stereocenters. The van der Waals surface area contributed by atoms with Gasteiger partial charge in [0.15, 0.2) is 5.69 Å². The second-order valence-corrected chi connectivity index (χ2v) is 6.77. The molecule has 0 aliphatic rings. The number of halogens is 7. The van der Waals surface area contributed by atoms with Crippen LogP contribution in [0.2, 0.25) is 5.02 Å². The van der Waals surface area contributed by atoms with Gasteiger partial charge in [-0.15, -0.1) is 0 Å². The van der Waals surface area contributed by atoms with Crippen LogP contribution in [0, 0.1) is 0 Å².